The molecule has 0 saturated carbocycles. The fourth-order valence-corrected chi connectivity index (χ4v) is 3.32. The molecule has 0 bridgehead atoms. The molecule has 7 heteroatoms. The van der Waals surface area contributed by atoms with Crippen LogP contribution >= 0.6 is 11.6 Å². The lowest BCUT2D eigenvalue weighted by Crippen LogP contribution is -2.39. The van der Waals surface area contributed by atoms with E-state index in [9.17, 15) is 14.9 Å². The predicted octanol–water partition coefficient (Wildman–Crippen LogP) is 4.02. The van der Waals surface area contributed by atoms with Gasteiger partial charge in [0.1, 0.15) is 12.4 Å². The van der Waals surface area contributed by atoms with Crippen molar-refractivity contribution in [1.29, 1.82) is 0 Å². The molecular formula is C19H19ClN2O4. The molecule has 0 aromatic heterocycles. The maximum absolute atomic E-state index is 12.9. The lowest BCUT2D eigenvalue weighted by Gasteiger charge is -2.31. The van der Waals surface area contributed by atoms with Gasteiger partial charge in [0.05, 0.1) is 16.9 Å². The van der Waals surface area contributed by atoms with Gasteiger partial charge in [0, 0.05) is 24.2 Å². The number of halogens is 1. The van der Waals surface area contributed by atoms with Crippen LogP contribution in [0.4, 0.5) is 5.69 Å². The first-order chi connectivity index (χ1) is 12.4. The first-order valence-corrected chi connectivity index (χ1v) is 8.67. The summed E-state index contributed by atoms with van der Waals surface area (Å²) in [6.45, 7) is 2.16. The fraction of sp³-hybridized carbons (Fsp3) is 0.316. The molecule has 0 N–H and O–H groups in total. The van der Waals surface area contributed by atoms with E-state index in [-0.39, 0.29) is 23.6 Å². The SMILES string of the molecule is C[C@@H](c1cccc([N+](=O)[O-])c1)N(C)C(=O)[C@@H]1COc2ccc(Cl)cc2C1. The number of nitro groups is 1. The van der Waals surface area contributed by atoms with Crippen LogP contribution in [0.2, 0.25) is 5.02 Å². The molecule has 3 rings (SSSR count). The molecule has 0 fully saturated rings. The maximum Gasteiger partial charge on any atom is 0.269 e. The maximum atomic E-state index is 12.9. The van der Waals surface area contributed by atoms with Gasteiger partial charge in [-0.3, -0.25) is 14.9 Å². The van der Waals surface area contributed by atoms with E-state index < -0.39 is 4.92 Å². The van der Waals surface area contributed by atoms with E-state index in [1.54, 1.807) is 30.1 Å². The van der Waals surface area contributed by atoms with Crippen LogP contribution in [-0.4, -0.2) is 29.4 Å². The van der Waals surface area contributed by atoms with Crippen LogP contribution in [0.5, 0.6) is 5.75 Å². The second-order valence-electron chi connectivity index (χ2n) is 6.44. The van der Waals surface area contributed by atoms with Gasteiger partial charge in [-0.25, -0.2) is 0 Å². The molecule has 1 heterocycles. The summed E-state index contributed by atoms with van der Waals surface area (Å²) in [4.78, 5) is 25.1. The van der Waals surface area contributed by atoms with Crippen molar-refractivity contribution >= 4 is 23.2 Å². The van der Waals surface area contributed by atoms with Crippen molar-refractivity contribution in [2.45, 2.75) is 19.4 Å². The highest BCUT2D eigenvalue weighted by Crippen LogP contribution is 2.32. The smallest absolute Gasteiger partial charge is 0.269 e. The minimum absolute atomic E-state index is 0.0137. The largest absolute Gasteiger partial charge is 0.492 e. The quantitative estimate of drug-likeness (QED) is 0.598. The average molecular weight is 375 g/mol. The Hall–Kier alpha value is -2.60. The molecule has 2 aromatic carbocycles. The van der Waals surface area contributed by atoms with E-state index in [1.165, 1.54) is 12.1 Å². The zero-order valence-corrected chi connectivity index (χ0v) is 15.3. The van der Waals surface area contributed by atoms with Crippen LogP contribution < -0.4 is 4.74 Å². The third kappa shape index (κ3) is 3.65. The monoisotopic (exact) mass is 374 g/mol. The second-order valence-corrected chi connectivity index (χ2v) is 6.88. The minimum Gasteiger partial charge on any atom is -0.492 e. The Morgan fingerprint density at radius 1 is 1.35 bits per heavy atom. The highest BCUT2D eigenvalue weighted by atomic mass is 35.5. The van der Waals surface area contributed by atoms with Gasteiger partial charge in [-0.15, -0.1) is 0 Å². The molecule has 0 saturated heterocycles. The molecule has 1 amide bonds. The third-order valence-corrected chi connectivity index (χ3v) is 5.01. The molecule has 2 atom stereocenters. The summed E-state index contributed by atoms with van der Waals surface area (Å²) >= 11 is 6.03. The molecule has 0 spiro atoms. The summed E-state index contributed by atoms with van der Waals surface area (Å²) in [7, 11) is 1.71. The molecule has 0 unspecified atom stereocenters. The molecule has 2 aromatic rings. The van der Waals surface area contributed by atoms with E-state index in [0.29, 0.717) is 18.1 Å². The molecule has 6 nitrogen and oxygen atoms in total. The Morgan fingerprint density at radius 3 is 2.85 bits per heavy atom. The fourth-order valence-electron chi connectivity index (χ4n) is 3.12. The van der Waals surface area contributed by atoms with E-state index in [2.05, 4.69) is 0 Å². The number of hydrogen-bond donors (Lipinski definition) is 0. The van der Waals surface area contributed by atoms with Crippen LogP contribution in [0.1, 0.15) is 24.1 Å². The van der Waals surface area contributed by atoms with Crippen LogP contribution in [0.25, 0.3) is 0 Å². The van der Waals surface area contributed by atoms with Gasteiger partial charge < -0.3 is 9.64 Å². The van der Waals surface area contributed by atoms with Gasteiger partial charge in [0.15, 0.2) is 0 Å². The van der Waals surface area contributed by atoms with Crippen molar-refractivity contribution in [1.82, 2.24) is 4.90 Å². The molecule has 26 heavy (non-hydrogen) atoms. The molecular weight excluding hydrogens is 356 g/mol. The Morgan fingerprint density at radius 2 is 2.12 bits per heavy atom. The van der Waals surface area contributed by atoms with Gasteiger partial charge >= 0.3 is 0 Å². The number of carbonyl (C=O) groups excluding carboxylic acids is 1. The van der Waals surface area contributed by atoms with Crippen molar-refractivity contribution in [2.75, 3.05) is 13.7 Å². The summed E-state index contributed by atoms with van der Waals surface area (Å²) in [6, 6.07) is 11.5. The van der Waals surface area contributed by atoms with E-state index in [0.717, 1.165) is 16.9 Å². The van der Waals surface area contributed by atoms with E-state index >= 15 is 0 Å². The van der Waals surface area contributed by atoms with Gasteiger partial charge in [-0.2, -0.15) is 0 Å². The van der Waals surface area contributed by atoms with Crippen LogP contribution in [0, 0.1) is 16.0 Å². The van der Waals surface area contributed by atoms with Crippen LogP contribution in [-0.2, 0) is 11.2 Å². The highest BCUT2D eigenvalue weighted by molar-refractivity contribution is 6.30. The lowest BCUT2D eigenvalue weighted by molar-refractivity contribution is -0.384. The van der Waals surface area contributed by atoms with Gasteiger partial charge in [0.25, 0.3) is 5.69 Å². The summed E-state index contributed by atoms with van der Waals surface area (Å²) in [5.41, 5.74) is 1.65. The van der Waals surface area contributed by atoms with E-state index in [1.807, 2.05) is 19.1 Å². The zero-order valence-electron chi connectivity index (χ0n) is 14.5. The summed E-state index contributed by atoms with van der Waals surface area (Å²) in [5.74, 6) is 0.384. The van der Waals surface area contributed by atoms with Crippen molar-refractivity contribution in [3.63, 3.8) is 0 Å². The number of rotatable bonds is 4. The Bertz CT molecular complexity index is 855. The van der Waals surface area contributed by atoms with Crippen LogP contribution in [0.3, 0.4) is 0 Å². The Labute approximate surface area is 156 Å². The standard InChI is InChI=1S/C19H19ClN2O4/c1-12(13-4-3-5-17(10-13)22(24)25)21(2)19(23)15-8-14-9-16(20)6-7-18(14)26-11-15/h3-7,9-10,12,15H,8,11H2,1-2H3/t12-,15-/m0/s1. The number of carbonyl (C=O) groups is 1. The predicted molar refractivity (Wildman–Crippen MR) is 98.4 cm³/mol. The number of fused-ring (bicyclic) bond motifs is 1. The Balaban J connectivity index is 1.75. The van der Waals surface area contributed by atoms with Gasteiger partial charge in [-0.05, 0) is 42.7 Å². The number of amides is 1. The van der Waals surface area contributed by atoms with Crippen molar-refractivity contribution in [2.24, 2.45) is 5.92 Å². The van der Waals surface area contributed by atoms with Crippen molar-refractivity contribution < 1.29 is 14.5 Å². The van der Waals surface area contributed by atoms with Crippen LogP contribution in [0.15, 0.2) is 42.5 Å². The first kappa shape index (κ1) is 18.2. The molecule has 1 aliphatic heterocycles. The van der Waals surface area contributed by atoms with Gasteiger partial charge in [0.2, 0.25) is 5.91 Å². The lowest BCUT2D eigenvalue weighted by atomic mass is 9.94. The number of non-ortho nitro benzene ring substituents is 1. The molecule has 0 aliphatic carbocycles. The number of nitrogens with zero attached hydrogens (tertiary/aromatic N) is 2. The average Bonchev–Trinajstić information content (AvgIpc) is 2.65. The summed E-state index contributed by atoms with van der Waals surface area (Å²) in [6.07, 6.45) is 0.556. The number of hydrogen-bond acceptors (Lipinski definition) is 4. The highest BCUT2D eigenvalue weighted by Gasteiger charge is 2.30. The molecule has 1 aliphatic rings. The van der Waals surface area contributed by atoms with Gasteiger partial charge in [-0.1, -0.05) is 23.7 Å². The van der Waals surface area contributed by atoms with Crippen molar-refractivity contribution in [3.05, 3.63) is 68.7 Å². The zero-order chi connectivity index (χ0) is 18.8. The number of nitro benzene ring substituents is 1. The topological polar surface area (TPSA) is 72.7 Å². The molecule has 0 radical (unpaired) electrons. The minimum atomic E-state index is -0.437. The third-order valence-electron chi connectivity index (χ3n) is 4.77. The summed E-state index contributed by atoms with van der Waals surface area (Å²) < 4.78 is 5.70. The normalized spacial score (nSPS) is 17.0. The van der Waals surface area contributed by atoms with E-state index in [4.69, 9.17) is 16.3 Å². The molecule has 136 valence electrons. The first-order valence-electron chi connectivity index (χ1n) is 8.29. The summed E-state index contributed by atoms with van der Waals surface area (Å²) in [5, 5.41) is 11.6. The van der Waals surface area contributed by atoms with Crippen molar-refractivity contribution in [3.8, 4) is 5.75 Å². The number of benzene rings is 2. The second kappa shape index (κ2) is 7.33. The number of ether oxygens (including phenoxy) is 1. The Kier molecular flexibility index (Phi) is 5.13.